The van der Waals surface area contributed by atoms with Crippen molar-refractivity contribution in [2.24, 2.45) is 5.92 Å². The van der Waals surface area contributed by atoms with Gasteiger partial charge < -0.3 is 10.1 Å². The van der Waals surface area contributed by atoms with E-state index in [0.29, 0.717) is 17.9 Å². The molecule has 0 saturated heterocycles. The van der Waals surface area contributed by atoms with Crippen molar-refractivity contribution in [3.63, 3.8) is 0 Å². The topological polar surface area (TPSA) is 62.1 Å². The molecule has 4 heteroatoms. The predicted octanol–water partition coefficient (Wildman–Crippen LogP) is 4.27. The maximum Gasteiger partial charge on any atom is 0.227 e. The van der Waals surface area contributed by atoms with Gasteiger partial charge >= 0.3 is 0 Å². The Morgan fingerprint density at radius 1 is 1.17 bits per heavy atom. The Labute approximate surface area is 142 Å². The van der Waals surface area contributed by atoms with Gasteiger partial charge in [-0.15, -0.1) is 0 Å². The number of carbonyl (C=O) groups is 1. The zero-order valence-corrected chi connectivity index (χ0v) is 13.5. The molecular weight excluding hydrogens is 300 g/mol. The number of nitriles is 1. The highest BCUT2D eigenvalue weighted by atomic mass is 16.5. The zero-order valence-electron chi connectivity index (χ0n) is 13.5. The van der Waals surface area contributed by atoms with E-state index in [0.717, 1.165) is 36.9 Å². The third kappa shape index (κ3) is 4.14. The minimum absolute atomic E-state index is 0.103. The molecule has 4 nitrogen and oxygen atoms in total. The Kier molecular flexibility index (Phi) is 5.12. The highest BCUT2D eigenvalue weighted by molar-refractivity contribution is 5.92. The van der Waals surface area contributed by atoms with Crippen molar-refractivity contribution in [1.82, 2.24) is 0 Å². The van der Waals surface area contributed by atoms with Crippen LogP contribution in [0.25, 0.3) is 0 Å². The van der Waals surface area contributed by atoms with Crippen molar-refractivity contribution >= 4 is 11.6 Å². The van der Waals surface area contributed by atoms with E-state index < -0.39 is 0 Å². The lowest BCUT2D eigenvalue weighted by atomic mass is 10.1. The van der Waals surface area contributed by atoms with Gasteiger partial charge in [-0.25, -0.2) is 0 Å². The molecule has 1 fully saturated rings. The molecule has 0 unspecified atom stereocenters. The van der Waals surface area contributed by atoms with E-state index in [1.165, 1.54) is 0 Å². The quantitative estimate of drug-likeness (QED) is 0.895. The standard InChI is InChI=1S/C20H20N2O2/c21-13-15-5-3-6-16(11-15)14-24-19-10-4-9-18(12-19)22-20(23)17-7-1-2-8-17/h3-6,9-12,17H,1-2,7-8,14H2,(H,22,23). The summed E-state index contributed by atoms with van der Waals surface area (Å²) in [5, 5.41) is 11.9. The molecule has 0 bridgehead atoms. The Morgan fingerprint density at radius 3 is 2.75 bits per heavy atom. The van der Waals surface area contributed by atoms with Crippen LogP contribution < -0.4 is 10.1 Å². The normalized spacial score (nSPS) is 14.1. The van der Waals surface area contributed by atoms with Gasteiger partial charge in [0.05, 0.1) is 11.6 Å². The molecule has 24 heavy (non-hydrogen) atoms. The summed E-state index contributed by atoms with van der Waals surface area (Å²) >= 11 is 0. The van der Waals surface area contributed by atoms with Crippen LogP contribution in [0, 0.1) is 17.2 Å². The second-order valence-corrected chi connectivity index (χ2v) is 6.10. The van der Waals surface area contributed by atoms with E-state index in [9.17, 15) is 4.79 Å². The molecule has 0 heterocycles. The number of benzene rings is 2. The molecule has 0 radical (unpaired) electrons. The molecule has 3 rings (SSSR count). The van der Waals surface area contributed by atoms with E-state index in [4.69, 9.17) is 10.00 Å². The van der Waals surface area contributed by atoms with Crippen LogP contribution in [-0.2, 0) is 11.4 Å². The summed E-state index contributed by atoms with van der Waals surface area (Å²) in [7, 11) is 0. The van der Waals surface area contributed by atoms with Crippen LogP contribution in [0.1, 0.15) is 36.8 Å². The van der Waals surface area contributed by atoms with E-state index in [1.807, 2.05) is 42.5 Å². The lowest BCUT2D eigenvalue weighted by Gasteiger charge is -2.12. The van der Waals surface area contributed by atoms with Crippen LogP contribution >= 0.6 is 0 Å². The molecule has 0 spiro atoms. The molecule has 0 aromatic heterocycles. The minimum atomic E-state index is 0.103. The largest absolute Gasteiger partial charge is 0.489 e. The van der Waals surface area contributed by atoms with Crippen molar-refractivity contribution in [2.45, 2.75) is 32.3 Å². The first-order valence-electron chi connectivity index (χ1n) is 8.27. The second kappa shape index (κ2) is 7.65. The van der Waals surface area contributed by atoms with Crippen LogP contribution in [0.2, 0.25) is 0 Å². The molecular formula is C20H20N2O2. The van der Waals surface area contributed by atoms with E-state index >= 15 is 0 Å². The van der Waals surface area contributed by atoms with Crippen LogP contribution in [0.3, 0.4) is 0 Å². The molecule has 1 amide bonds. The summed E-state index contributed by atoms with van der Waals surface area (Å²) in [5.74, 6) is 0.941. The first-order chi connectivity index (χ1) is 11.7. The number of hydrogen-bond donors (Lipinski definition) is 1. The zero-order chi connectivity index (χ0) is 16.8. The van der Waals surface area contributed by atoms with Gasteiger partial charge in [-0.3, -0.25) is 4.79 Å². The number of anilines is 1. The number of carbonyl (C=O) groups excluding carboxylic acids is 1. The molecule has 1 saturated carbocycles. The third-order valence-electron chi connectivity index (χ3n) is 4.29. The van der Waals surface area contributed by atoms with Crippen molar-refractivity contribution < 1.29 is 9.53 Å². The average Bonchev–Trinajstić information content (AvgIpc) is 3.15. The molecule has 1 aliphatic rings. The molecule has 2 aromatic carbocycles. The maximum atomic E-state index is 12.2. The van der Waals surface area contributed by atoms with Gasteiger partial charge in [-0.1, -0.05) is 31.0 Å². The van der Waals surface area contributed by atoms with Gasteiger partial charge in [0.1, 0.15) is 12.4 Å². The van der Waals surface area contributed by atoms with E-state index in [2.05, 4.69) is 11.4 Å². The fourth-order valence-corrected chi connectivity index (χ4v) is 2.99. The summed E-state index contributed by atoms with van der Waals surface area (Å²) in [6.07, 6.45) is 4.25. The fourth-order valence-electron chi connectivity index (χ4n) is 2.99. The van der Waals surface area contributed by atoms with Crippen molar-refractivity contribution in [2.75, 3.05) is 5.32 Å². The highest BCUT2D eigenvalue weighted by Gasteiger charge is 2.22. The van der Waals surface area contributed by atoms with E-state index in [-0.39, 0.29) is 11.8 Å². The van der Waals surface area contributed by atoms with Crippen molar-refractivity contribution in [1.29, 1.82) is 5.26 Å². The van der Waals surface area contributed by atoms with Crippen LogP contribution in [0.4, 0.5) is 5.69 Å². The number of amides is 1. The van der Waals surface area contributed by atoms with Crippen LogP contribution in [0.15, 0.2) is 48.5 Å². The summed E-state index contributed by atoms with van der Waals surface area (Å²) in [6, 6.07) is 16.9. The van der Waals surface area contributed by atoms with Crippen molar-refractivity contribution in [3.05, 3.63) is 59.7 Å². The van der Waals surface area contributed by atoms with Crippen LogP contribution in [-0.4, -0.2) is 5.91 Å². The lowest BCUT2D eigenvalue weighted by Crippen LogP contribution is -2.20. The molecule has 0 aliphatic heterocycles. The first kappa shape index (κ1) is 16.1. The van der Waals surface area contributed by atoms with Gasteiger partial charge in [-0.2, -0.15) is 5.26 Å². The van der Waals surface area contributed by atoms with Gasteiger partial charge in [0.25, 0.3) is 0 Å². The van der Waals surface area contributed by atoms with Gasteiger partial charge in [0, 0.05) is 17.7 Å². The molecule has 0 atom stereocenters. The van der Waals surface area contributed by atoms with Crippen LogP contribution in [0.5, 0.6) is 5.75 Å². The summed E-state index contributed by atoms with van der Waals surface area (Å²) < 4.78 is 5.78. The molecule has 122 valence electrons. The maximum absolute atomic E-state index is 12.2. The third-order valence-corrected chi connectivity index (χ3v) is 4.29. The molecule has 1 N–H and O–H groups in total. The first-order valence-corrected chi connectivity index (χ1v) is 8.27. The van der Waals surface area contributed by atoms with E-state index in [1.54, 1.807) is 6.07 Å². The highest BCUT2D eigenvalue weighted by Crippen LogP contribution is 2.27. The van der Waals surface area contributed by atoms with Gasteiger partial charge in [-0.05, 0) is 42.7 Å². The number of nitrogens with one attached hydrogen (secondary N) is 1. The summed E-state index contributed by atoms with van der Waals surface area (Å²) in [6.45, 7) is 0.384. The predicted molar refractivity (Wildman–Crippen MR) is 92.5 cm³/mol. The number of rotatable bonds is 5. The Balaban J connectivity index is 1.60. The Morgan fingerprint density at radius 2 is 1.96 bits per heavy atom. The number of ether oxygens (including phenoxy) is 1. The Hall–Kier alpha value is -2.80. The molecule has 2 aromatic rings. The fraction of sp³-hybridized carbons (Fsp3) is 0.300. The number of hydrogen-bond acceptors (Lipinski definition) is 3. The molecule has 1 aliphatic carbocycles. The minimum Gasteiger partial charge on any atom is -0.489 e. The lowest BCUT2D eigenvalue weighted by molar-refractivity contribution is -0.119. The monoisotopic (exact) mass is 320 g/mol. The Bertz CT molecular complexity index is 758. The average molecular weight is 320 g/mol. The SMILES string of the molecule is N#Cc1cccc(COc2cccc(NC(=O)C3CCCC3)c2)c1. The van der Waals surface area contributed by atoms with Crippen molar-refractivity contribution in [3.8, 4) is 11.8 Å². The second-order valence-electron chi connectivity index (χ2n) is 6.10. The smallest absolute Gasteiger partial charge is 0.227 e. The summed E-state index contributed by atoms with van der Waals surface area (Å²) in [4.78, 5) is 12.2. The van der Waals surface area contributed by atoms with Gasteiger partial charge in [0.2, 0.25) is 5.91 Å². The van der Waals surface area contributed by atoms with Gasteiger partial charge in [0.15, 0.2) is 0 Å². The number of nitrogens with zero attached hydrogens (tertiary/aromatic N) is 1. The summed E-state index contributed by atoms with van der Waals surface area (Å²) in [5.41, 5.74) is 2.32.